The van der Waals surface area contributed by atoms with Crippen molar-refractivity contribution in [2.45, 2.75) is 39.2 Å². The third-order valence-corrected chi connectivity index (χ3v) is 5.36. The smallest absolute Gasteiger partial charge is 0.310 e. The number of benzene rings is 1. The molecule has 4 heteroatoms. The van der Waals surface area contributed by atoms with Gasteiger partial charge in [-0.3, -0.25) is 9.69 Å². The van der Waals surface area contributed by atoms with Crippen molar-refractivity contribution >= 4 is 28.6 Å². The third kappa shape index (κ3) is 3.17. The first-order valence-corrected chi connectivity index (χ1v) is 8.29. The molecule has 1 saturated heterocycles. The molecule has 1 aromatic rings. The Kier molecular flexibility index (Phi) is 5.07. The number of likely N-dealkylation sites (tertiary alicyclic amines) is 1. The van der Waals surface area contributed by atoms with Gasteiger partial charge in [0.2, 0.25) is 0 Å². The van der Waals surface area contributed by atoms with Crippen LogP contribution in [0.5, 0.6) is 0 Å². The molecule has 0 aromatic heterocycles. The highest BCUT2D eigenvalue weighted by molar-refractivity contribution is 14.1. The van der Waals surface area contributed by atoms with Gasteiger partial charge >= 0.3 is 5.97 Å². The maximum atomic E-state index is 11.6. The normalized spacial score (nSPS) is 25.4. The number of halogens is 1. The monoisotopic (exact) mass is 387 g/mol. The quantitative estimate of drug-likeness (QED) is 0.796. The maximum Gasteiger partial charge on any atom is 0.310 e. The number of carbonyl (C=O) groups is 1. The summed E-state index contributed by atoms with van der Waals surface area (Å²) in [5.74, 6) is -0.639. The van der Waals surface area contributed by atoms with Crippen LogP contribution < -0.4 is 0 Å². The van der Waals surface area contributed by atoms with Crippen LogP contribution in [-0.4, -0.2) is 29.1 Å². The average molecular weight is 387 g/mol. The predicted molar refractivity (Wildman–Crippen MR) is 88.7 cm³/mol. The summed E-state index contributed by atoms with van der Waals surface area (Å²) in [4.78, 5) is 14.0. The Balaban J connectivity index is 2.16. The molecule has 0 spiro atoms. The fourth-order valence-electron chi connectivity index (χ4n) is 3.06. The molecule has 1 aliphatic heterocycles. The molecule has 0 amide bonds. The highest BCUT2D eigenvalue weighted by atomic mass is 127. The summed E-state index contributed by atoms with van der Waals surface area (Å²) in [7, 11) is 0. The first-order chi connectivity index (χ1) is 9.48. The second-order valence-electron chi connectivity index (χ2n) is 5.74. The van der Waals surface area contributed by atoms with Gasteiger partial charge in [-0.25, -0.2) is 0 Å². The van der Waals surface area contributed by atoms with Crippen LogP contribution in [0, 0.1) is 8.99 Å². The lowest BCUT2D eigenvalue weighted by Gasteiger charge is -2.42. The van der Waals surface area contributed by atoms with Crippen LogP contribution in [-0.2, 0) is 4.79 Å². The molecule has 1 aromatic carbocycles. The van der Waals surface area contributed by atoms with Crippen molar-refractivity contribution in [2.75, 3.05) is 13.1 Å². The molecule has 3 nitrogen and oxygen atoms in total. The van der Waals surface area contributed by atoms with E-state index < -0.39 is 11.4 Å². The lowest BCUT2D eigenvalue weighted by Crippen LogP contribution is -2.48. The Morgan fingerprint density at radius 1 is 1.45 bits per heavy atom. The Morgan fingerprint density at radius 3 is 2.65 bits per heavy atom. The maximum absolute atomic E-state index is 11.6. The van der Waals surface area contributed by atoms with E-state index in [0.717, 1.165) is 19.4 Å². The second kappa shape index (κ2) is 6.43. The molecule has 0 saturated carbocycles. The van der Waals surface area contributed by atoms with Crippen molar-refractivity contribution in [3.05, 3.63) is 33.4 Å². The zero-order chi connectivity index (χ0) is 14.8. The van der Waals surface area contributed by atoms with Crippen LogP contribution in [0.4, 0.5) is 0 Å². The van der Waals surface area contributed by atoms with E-state index in [-0.39, 0.29) is 6.04 Å². The van der Waals surface area contributed by atoms with E-state index in [9.17, 15) is 9.90 Å². The van der Waals surface area contributed by atoms with E-state index in [1.54, 1.807) is 0 Å². The summed E-state index contributed by atoms with van der Waals surface area (Å²) in [6.45, 7) is 5.82. The van der Waals surface area contributed by atoms with Crippen LogP contribution in [0.25, 0.3) is 0 Å². The number of rotatable bonds is 4. The molecule has 0 aliphatic carbocycles. The number of carboxylic acid groups (broad SMARTS) is 1. The van der Waals surface area contributed by atoms with E-state index in [0.29, 0.717) is 13.0 Å². The Morgan fingerprint density at radius 2 is 2.10 bits per heavy atom. The molecule has 0 radical (unpaired) electrons. The molecule has 1 heterocycles. The zero-order valence-electron chi connectivity index (χ0n) is 12.1. The molecular weight excluding hydrogens is 365 g/mol. The Bertz CT molecular complexity index is 474. The van der Waals surface area contributed by atoms with Crippen molar-refractivity contribution in [1.82, 2.24) is 4.90 Å². The summed E-state index contributed by atoms with van der Waals surface area (Å²) in [5, 5.41) is 9.57. The van der Waals surface area contributed by atoms with Crippen molar-refractivity contribution in [2.24, 2.45) is 5.41 Å². The molecule has 2 rings (SSSR count). The van der Waals surface area contributed by atoms with Crippen molar-refractivity contribution < 1.29 is 9.90 Å². The summed E-state index contributed by atoms with van der Waals surface area (Å²) in [6.07, 6.45) is 2.47. The van der Waals surface area contributed by atoms with Gasteiger partial charge < -0.3 is 5.11 Å². The van der Waals surface area contributed by atoms with Gasteiger partial charge in [0.05, 0.1) is 5.41 Å². The number of carboxylic acids is 1. The van der Waals surface area contributed by atoms with Gasteiger partial charge in [0, 0.05) is 16.2 Å². The fourth-order valence-corrected chi connectivity index (χ4v) is 3.42. The van der Waals surface area contributed by atoms with Gasteiger partial charge in [-0.15, -0.1) is 0 Å². The molecule has 20 heavy (non-hydrogen) atoms. The van der Waals surface area contributed by atoms with E-state index >= 15 is 0 Å². The molecule has 0 bridgehead atoms. The van der Waals surface area contributed by atoms with Crippen LogP contribution in [0.2, 0.25) is 0 Å². The van der Waals surface area contributed by atoms with Crippen LogP contribution in [0.1, 0.15) is 44.7 Å². The van der Waals surface area contributed by atoms with Crippen LogP contribution in [0.3, 0.4) is 0 Å². The van der Waals surface area contributed by atoms with Gasteiger partial charge in [0.25, 0.3) is 0 Å². The molecule has 1 aliphatic rings. The Hall–Kier alpha value is -0.620. The SMILES string of the molecule is CCC1(C(=O)O)CCCN(C(C)c2ccc(I)cc2)C1. The lowest BCUT2D eigenvalue weighted by molar-refractivity contribution is -0.153. The third-order valence-electron chi connectivity index (χ3n) is 4.64. The minimum atomic E-state index is -0.639. The predicted octanol–water partition coefficient (Wildman–Crippen LogP) is 3.93. The largest absolute Gasteiger partial charge is 0.481 e. The first kappa shape index (κ1) is 15.8. The van der Waals surface area contributed by atoms with Crippen molar-refractivity contribution in [3.63, 3.8) is 0 Å². The number of aliphatic carboxylic acids is 1. The van der Waals surface area contributed by atoms with Gasteiger partial charge in [-0.05, 0) is 73.0 Å². The standard InChI is InChI=1S/C16H22INO2/c1-3-16(15(19)20)9-4-10-18(11-16)12(2)13-5-7-14(17)8-6-13/h5-8,12H,3-4,9-11H2,1-2H3,(H,19,20). The van der Waals surface area contributed by atoms with Gasteiger partial charge in [-0.2, -0.15) is 0 Å². The van der Waals surface area contributed by atoms with Gasteiger partial charge in [0.15, 0.2) is 0 Å². The zero-order valence-corrected chi connectivity index (χ0v) is 14.3. The highest BCUT2D eigenvalue weighted by Crippen LogP contribution is 2.37. The average Bonchev–Trinajstić information content (AvgIpc) is 2.47. The molecule has 1 fully saturated rings. The van der Waals surface area contributed by atoms with Crippen LogP contribution in [0.15, 0.2) is 24.3 Å². The van der Waals surface area contributed by atoms with E-state index in [2.05, 4.69) is 58.7 Å². The Labute approximate surface area is 134 Å². The number of nitrogens with zero attached hydrogens (tertiary/aromatic N) is 1. The minimum Gasteiger partial charge on any atom is -0.481 e. The fraction of sp³-hybridized carbons (Fsp3) is 0.562. The number of hydrogen-bond donors (Lipinski definition) is 1. The molecule has 1 N–H and O–H groups in total. The lowest BCUT2D eigenvalue weighted by atomic mass is 9.77. The van der Waals surface area contributed by atoms with E-state index in [1.807, 2.05) is 6.92 Å². The molecular formula is C16H22INO2. The van der Waals surface area contributed by atoms with Gasteiger partial charge in [-0.1, -0.05) is 19.1 Å². The summed E-state index contributed by atoms with van der Waals surface area (Å²) < 4.78 is 1.23. The summed E-state index contributed by atoms with van der Waals surface area (Å²) in [6, 6.07) is 8.80. The summed E-state index contributed by atoms with van der Waals surface area (Å²) >= 11 is 2.30. The summed E-state index contributed by atoms with van der Waals surface area (Å²) in [5.41, 5.74) is 0.707. The minimum absolute atomic E-state index is 0.276. The topological polar surface area (TPSA) is 40.5 Å². The first-order valence-electron chi connectivity index (χ1n) is 7.21. The van der Waals surface area contributed by atoms with Crippen molar-refractivity contribution in [1.29, 1.82) is 0 Å². The van der Waals surface area contributed by atoms with Crippen molar-refractivity contribution in [3.8, 4) is 0 Å². The molecule has 2 atom stereocenters. The van der Waals surface area contributed by atoms with Gasteiger partial charge in [0.1, 0.15) is 0 Å². The van der Waals surface area contributed by atoms with E-state index in [1.165, 1.54) is 9.13 Å². The highest BCUT2D eigenvalue weighted by Gasteiger charge is 2.41. The number of piperidine rings is 1. The molecule has 2 unspecified atom stereocenters. The van der Waals surface area contributed by atoms with Crippen LogP contribution >= 0.6 is 22.6 Å². The second-order valence-corrected chi connectivity index (χ2v) is 6.99. The van der Waals surface area contributed by atoms with E-state index in [4.69, 9.17) is 0 Å². The number of hydrogen-bond acceptors (Lipinski definition) is 2. The molecule has 110 valence electrons.